The van der Waals surface area contributed by atoms with Gasteiger partial charge in [-0.1, -0.05) is 32.0 Å². The number of rotatable bonds is 6. The van der Waals surface area contributed by atoms with E-state index in [0.29, 0.717) is 12.5 Å². The number of benzene rings is 1. The Bertz CT molecular complexity index is 921. The molecule has 0 aliphatic rings. The van der Waals surface area contributed by atoms with E-state index in [1.807, 2.05) is 66.1 Å². The Balaban J connectivity index is 1.63. The maximum absolute atomic E-state index is 4.64. The minimum absolute atomic E-state index is 0.390. The quantitative estimate of drug-likeness (QED) is 0.528. The van der Waals surface area contributed by atoms with Crippen molar-refractivity contribution in [2.24, 2.45) is 12.0 Å². The lowest BCUT2D eigenvalue weighted by molar-refractivity contribution is 0.472. The molecule has 1 aromatic carbocycles. The van der Waals surface area contributed by atoms with Crippen LogP contribution in [0.2, 0.25) is 0 Å². The van der Waals surface area contributed by atoms with Crippen LogP contribution in [0.1, 0.15) is 36.7 Å². The average molecular weight is 380 g/mol. The molecule has 0 saturated heterocycles. The molecule has 0 unspecified atom stereocenters. The van der Waals surface area contributed by atoms with E-state index in [-0.39, 0.29) is 0 Å². The number of hydrogen-bond acceptors (Lipinski definition) is 3. The summed E-state index contributed by atoms with van der Waals surface area (Å²) in [6, 6.07) is 12.1. The predicted octanol–water partition coefficient (Wildman–Crippen LogP) is 2.94. The zero-order valence-corrected chi connectivity index (χ0v) is 17.3. The molecule has 0 saturated carbocycles. The second kappa shape index (κ2) is 8.73. The van der Waals surface area contributed by atoms with Gasteiger partial charge in [-0.2, -0.15) is 10.2 Å². The lowest BCUT2D eigenvalue weighted by Crippen LogP contribution is -2.38. The minimum Gasteiger partial charge on any atom is -0.351 e. The highest BCUT2D eigenvalue weighted by atomic mass is 15.3. The van der Waals surface area contributed by atoms with E-state index in [4.69, 9.17) is 0 Å². The lowest BCUT2D eigenvalue weighted by atomic mass is 10.1. The predicted molar refractivity (Wildman–Crippen MR) is 113 cm³/mol. The summed E-state index contributed by atoms with van der Waals surface area (Å²) in [5.74, 6) is 1.22. The molecule has 0 aliphatic heterocycles. The Morgan fingerprint density at radius 2 is 1.93 bits per heavy atom. The van der Waals surface area contributed by atoms with Crippen LogP contribution in [0, 0.1) is 0 Å². The van der Waals surface area contributed by atoms with E-state index in [1.54, 1.807) is 7.05 Å². The SMILES string of the molecule is CN=C(NCc1ccn(-c2ccccc2)n1)N(C)Cc1cn(C)nc1C(C)C. The van der Waals surface area contributed by atoms with Crippen molar-refractivity contribution < 1.29 is 0 Å². The fourth-order valence-electron chi connectivity index (χ4n) is 3.23. The van der Waals surface area contributed by atoms with Gasteiger partial charge in [-0.15, -0.1) is 0 Å². The van der Waals surface area contributed by atoms with Gasteiger partial charge in [0.2, 0.25) is 0 Å². The molecular weight excluding hydrogens is 350 g/mol. The molecular formula is C21H29N7. The van der Waals surface area contributed by atoms with Crippen LogP contribution in [-0.4, -0.2) is 44.5 Å². The summed E-state index contributed by atoms with van der Waals surface area (Å²) in [6.07, 6.45) is 4.06. The molecule has 0 atom stereocenters. The van der Waals surface area contributed by atoms with Crippen molar-refractivity contribution in [2.45, 2.75) is 32.9 Å². The number of aryl methyl sites for hydroxylation is 1. The van der Waals surface area contributed by atoms with E-state index in [1.165, 1.54) is 5.56 Å². The molecule has 3 rings (SSSR count). The average Bonchev–Trinajstić information content (AvgIpc) is 3.29. The van der Waals surface area contributed by atoms with E-state index in [9.17, 15) is 0 Å². The van der Waals surface area contributed by atoms with Crippen LogP contribution in [0.15, 0.2) is 53.8 Å². The van der Waals surface area contributed by atoms with Gasteiger partial charge in [0.05, 0.1) is 23.6 Å². The smallest absolute Gasteiger partial charge is 0.194 e. The van der Waals surface area contributed by atoms with Crippen molar-refractivity contribution >= 4 is 5.96 Å². The third kappa shape index (κ3) is 4.60. The third-order valence-corrected chi connectivity index (χ3v) is 4.56. The fraction of sp³-hybridized carbons (Fsp3) is 0.381. The molecule has 0 amide bonds. The number of nitrogens with zero attached hydrogens (tertiary/aromatic N) is 6. The molecule has 0 bridgehead atoms. The molecule has 2 aromatic heterocycles. The molecule has 148 valence electrons. The number of aliphatic imine (C=N–C) groups is 1. The fourth-order valence-corrected chi connectivity index (χ4v) is 3.23. The highest BCUT2D eigenvalue weighted by Gasteiger charge is 2.15. The van der Waals surface area contributed by atoms with Crippen molar-refractivity contribution in [3.05, 3.63) is 65.7 Å². The Hall–Kier alpha value is -3.09. The van der Waals surface area contributed by atoms with Crippen LogP contribution in [-0.2, 0) is 20.1 Å². The molecule has 7 heteroatoms. The van der Waals surface area contributed by atoms with E-state index in [0.717, 1.165) is 29.6 Å². The van der Waals surface area contributed by atoms with E-state index in [2.05, 4.69) is 45.5 Å². The molecule has 1 N–H and O–H groups in total. The summed E-state index contributed by atoms with van der Waals surface area (Å²) in [6.45, 7) is 5.70. The Morgan fingerprint density at radius 1 is 1.18 bits per heavy atom. The molecule has 0 aliphatic carbocycles. The van der Waals surface area contributed by atoms with Gasteiger partial charge in [-0.3, -0.25) is 9.67 Å². The Labute approximate surface area is 166 Å². The molecule has 7 nitrogen and oxygen atoms in total. The maximum atomic E-state index is 4.64. The molecule has 0 spiro atoms. The minimum atomic E-state index is 0.390. The number of nitrogens with one attached hydrogen (secondary N) is 1. The second-order valence-corrected chi connectivity index (χ2v) is 7.21. The molecule has 0 fully saturated rings. The van der Waals surface area contributed by atoms with Gasteiger partial charge in [0.15, 0.2) is 5.96 Å². The second-order valence-electron chi connectivity index (χ2n) is 7.21. The van der Waals surface area contributed by atoms with Gasteiger partial charge >= 0.3 is 0 Å². The number of hydrogen-bond donors (Lipinski definition) is 1. The topological polar surface area (TPSA) is 63.3 Å². The van der Waals surface area contributed by atoms with Crippen molar-refractivity contribution in [1.82, 2.24) is 29.8 Å². The van der Waals surface area contributed by atoms with Crippen LogP contribution in [0.25, 0.3) is 5.69 Å². The summed E-state index contributed by atoms with van der Waals surface area (Å²) < 4.78 is 3.76. The summed E-state index contributed by atoms with van der Waals surface area (Å²) in [7, 11) is 5.80. The maximum Gasteiger partial charge on any atom is 0.194 e. The lowest BCUT2D eigenvalue weighted by Gasteiger charge is -2.22. The summed E-state index contributed by atoms with van der Waals surface area (Å²) in [4.78, 5) is 6.52. The largest absolute Gasteiger partial charge is 0.351 e. The van der Waals surface area contributed by atoms with Crippen LogP contribution in [0.4, 0.5) is 0 Å². The highest BCUT2D eigenvalue weighted by molar-refractivity contribution is 5.79. The first-order chi connectivity index (χ1) is 13.5. The molecule has 0 radical (unpaired) electrons. The molecule has 3 aromatic rings. The first kappa shape index (κ1) is 19.7. The van der Waals surface area contributed by atoms with Gasteiger partial charge < -0.3 is 10.2 Å². The van der Waals surface area contributed by atoms with Crippen LogP contribution < -0.4 is 5.32 Å². The van der Waals surface area contributed by atoms with Crippen molar-refractivity contribution in [1.29, 1.82) is 0 Å². The summed E-state index contributed by atoms with van der Waals surface area (Å²) >= 11 is 0. The molecule has 28 heavy (non-hydrogen) atoms. The first-order valence-corrected chi connectivity index (χ1v) is 9.52. The third-order valence-electron chi connectivity index (χ3n) is 4.56. The van der Waals surface area contributed by atoms with E-state index >= 15 is 0 Å². The number of para-hydroxylation sites is 1. The zero-order valence-electron chi connectivity index (χ0n) is 17.3. The van der Waals surface area contributed by atoms with Crippen molar-refractivity contribution in [3.8, 4) is 5.69 Å². The summed E-state index contributed by atoms with van der Waals surface area (Å²) in [5.41, 5.74) is 4.36. The Kier molecular flexibility index (Phi) is 6.13. The van der Waals surface area contributed by atoms with Gasteiger partial charge in [-0.25, -0.2) is 4.68 Å². The van der Waals surface area contributed by atoms with Crippen LogP contribution >= 0.6 is 0 Å². The standard InChI is InChI=1S/C21H29N7/c1-16(2)20-17(15-27(5)25-20)14-26(4)21(22-3)23-13-18-11-12-28(24-18)19-9-7-6-8-10-19/h6-12,15-16H,13-14H2,1-5H3,(H,22,23). The monoisotopic (exact) mass is 379 g/mol. The zero-order chi connectivity index (χ0) is 20.1. The highest BCUT2D eigenvalue weighted by Crippen LogP contribution is 2.18. The van der Waals surface area contributed by atoms with Gasteiger partial charge in [0.25, 0.3) is 0 Å². The number of aromatic nitrogens is 4. The van der Waals surface area contributed by atoms with Crippen LogP contribution in [0.5, 0.6) is 0 Å². The Morgan fingerprint density at radius 3 is 2.61 bits per heavy atom. The molecule has 2 heterocycles. The van der Waals surface area contributed by atoms with Crippen molar-refractivity contribution in [3.63, 3.8) is 0 Å². The van der Waals surface area contributed by atoms with Gasteiger partial charge in [0.1, 0.15) is 0 Å². The van der Waals surface area contributed by atoms with Crippen LogP contribution in [0.3, 0.4) is 0 Å². The normalized spacial score (nSPS) is 11.9. The van der Waals surface area contributed by atoms with Gasteiger partial charge in [-0.05, 0) is 24.1 Å². The van der Waals surface area contributed by atoms with Gasteiger partial charge in [0, 0.05) is 45.6 Å². The van der Waals surface area contributed by atoms with E-state index < -0.39 is 0 Å². The number of guanidine groups is 1. The first-order valence-electron chi connectivity index (χ1n) is 9.52. The van der Waals surface area contributed by atoms with Crippen molar-refractivity contribution in [2.75, 3.05) is 14.1 Å². The summed E-state index contributed by atoms with van der Waals surface area (Å²) in [5, 5.41) is 12.6.